The second-order valence-electron chi connectivity index (χ2n) is 3.45. The fourth-order valence-electron chi connectivity index (χ4n) is 1.21. The van der Waals surface area contributed by atoms with Crippen molar-refractivity contribution in [3.63, 3.8) is 0 Å². The number of hydrogen-bond donors (Lipinski definition) is 2. The molecule has 0 saturated heterocycles. The van der Waals surface area contributed by atoms with Crippen LogP contribution in [-0.2, 0) is 4.79 Å². The van der Waals surface area contributed by atoms with Gasteiger partial charge in [0.2, 0.25) is 5.91 Å². The molecule has 1 heterocycles. The molecule has 1 amide bonds. The van der Waals surface area contributed by atoms with E-state index in [1.165, 1.54) is 6.92 Å². The molecule has 0 saturated carbocycles. The summed E-state index contributed by atoms with van der Waals surface area (Å²) in [5, 5.41) is 9.18. The Bertz CT molecular complexity index is 324. The largest absolute Gasteiger partial charge is 0.355 e. The number of carbonyl (C=O) groups is 1. The summed E-state index contributed by atoms with van der Waals surface area (Å²) in [6.45, 7) is 7.01. The molecule has 84 valence electrons. The Morgan fingerprint density at radius 2 is 2.33 bits per heavy atom. The van der Waals surface area contributed by atoms with Gasteiger partial charge in [0.1, 0.15) is 0 Å². The number of carbonyl (C=O) groups excluding carboxylic acids is 1. The minimum Gasteiger partial charge on any atom is -0.355 e. The third-order valence-corrected chi connectivity index (χ3v) is 2.82. The summed E-state index contributed by atoms with van der Waals surface area (Å²) in [7, 11) is 0. The van der Waals surface area contributed by atoms with E-state index in [0.29, 0.717) is 6.54 Å². The summed E-state index contributed by atoms with van der Waals surface area (Å²) in [6, 6.07) is 0.240. The van der Waals surface area contributed by atoms with Crippen molar-refractivity contribution in [3.8, 4) is 0 Å². The van der Waals surface area contributed by atoms with Crippen LogP contribution in [-0.4, -0.2) is 24.0 Å². The second-order valence-corrected chi connectivity index (χ2v) is 4.51. The zero-order valence-corrected chi connectivity index (χ0v) is 10.1. The molecule has 1 aromatic rings. The first kappa shape index (κ1) is 12.1. The molecule has 0 bridgehead atoms. The molecular weight excluding hydrogens is 210 g/mol. The van der Waals surface area contributed by atoms with Gasteiger partial charge in [-0.3, -0.25) is 4.79 Å². The van der Waals surface area contributed by atoms with Crippen molar-refractivity contribution in [1.29, 1.82) is 0 Å². The van der Waals surface area contributed by atoms with Gasteiger partial charge in [0, 0.05) is 31.4 Å². The number of amides is 1. The van der Waals surface area contributed by atoms with Gasteiger partial charge in [-0.15, -0.1) is 11.3 Å². The van der Waals surface area contributed by atoms with Gasteiger partial charge in [-0.2, -0.15) is 0 Å². The Labute approximate surface area is 94.1 Å². The normalized spacial score (nSPS) is 12.5. The highest BCUT2D eigenvalue weighted by atomic mass is 32.1. The Hall–Kier alpha value is -0.940. The quantitative estimate of drug-likeness (QED) is 0.744. The summed E-state index contributed by atoms with van der Waals surface area (Å²) >= 11 is 1.66. The Morgan fingerprint density at radius 1 is 1.60 bits per heavy atom. The van der Waals surface area contributed by atoms with Crippen molar-refractivity contribution in [1.82, 2.24) is 15.6 Å². The van der Waals surface area contributed by atoms with Gasteiger partial charge in [0.05, 0.1) is 10.7 Å². The van der Waals surface area contributed by atoms with Crippen LogP contribution in [0.2, 0.25) is 0 Å². The number of hydrogen-bond acceptors (Lipinski definition) is 4. The molecule has 1 rings (SSSR count). The van der Waals surface area contributed by atoms with Crippen LogP contribution in [0, 0.1) is 6.92 Å². The Balaban J connectivity index is 2.24. The molecule has 15 heavy (non-hydrogen) atoms. The van der Waals surface area contributed by atoms with Crippen LogP contribution in [0.1, 0.15) is 30.6 Å². The highest BCUT2D eigenvalue weighted by Gasteiger charge is 2.07. The summed E-state index contributed by atoms with van der Waals surface area (Å²) in [4.78, 5) is 15.0. The van der Waals surface area contributed by atoms with Crippen molar-refractivity contribution < 1.29 is 4.79 Å². The van der Waals surface area contributed by atoms with E-state index in [1.807, 2.05) is 6.92 Å². The van der Waals surface area contributed by atoms with E-state index in [0.717, 1.165) is 17.2 Å². The van der Waals surface area contributed by atoms with Gasteiger partial charge in [-0.25, -0.2) is 4.98 Å². The molecule has 0 radical (unpaired) electrons. The molecule has 0 aliphatic rings. The van der Waals surface area contributed by atoms with Crippen LogP contribution in [0.3, 0.4) is 0 Å². The van der Waals surface area contributed by atoms with E-state index in [2.05, 4.69) is 27.9 Å². The number of aryl methyl sites for hydroxylation is 1. The van der Waals surface area contributed by atoms with Gasteiger partial charge >= 0.3 is 0 Å². The van der Waals surface area contributed by atoms with Crippen LogP contribution in [0.4, 0.5) is 0 Å². The average Bonchev–Trinajstić information content (AvgIpc) is 2.59. The van der Waals surface area contributed by atoms with Crippen molar-refractivity contribution in [3.05, 3.63) is 16.1 Å². The zero-order chi connectivity index (χ0) is 11.3. The average molecular weight is 227 g/mol. The summed E-state index contributed by atoms with van der Waals surface area (Å²) in [5.41, 5.74) is 1.07. The monoisotopic (exact) mass is 227 g/mol. The number of nitrogens with zero attached hydrogens (tertiary/aromatic N) is 1. The molecule has 0 spiro atoms. The second kappa shape index (κ2) is 5.82. The first-order chi connectivity index (χ1) is 7.09. The molecule has 1 atom stereocenters. The van der Waals surface area contributed by atoms with Crippen molar-refractivity contribution in [2.45, 2.75) is 26.8 Å². The third-order valence-electron chi connectivity index (χ3n) is 2.03. The van der Waals surface area contributed by atoms with Gasteiger partial charge in [0.25, 0.3) is 0 Å². The minimum atomic E-state index is 0.00829. The fourth-order valence-corrected chi connectivity index (χ4v) is 1.92. The Morgan fingerprint density at radius 3 is 2.87 bits per heavy atom. The van der Waals surface area contributed by atoms with E-state index < -0.39 is 0 Å². The standard InChI is InChI=1S/C10H17N3OS/c1-7(10-6-15-9(3)13-10)11-4-5-12-8(2)14/h6-7,11H,4-5H2,1-3H3,(H,12,14). The van der Waals surface area contributed by atoms with Crippen LogP contribution < -0.4 is 10.6 Å². The fraction of sp³-hybridized carbons (Fsp3) is 0.600. The maximum atomic E-state index is 10.6. The molecule has 0 aliphatic heterocycles. The molecule has 0 aliphatic carbocycles. The lowest BCUT2D eigenvalue weighted by molar-refractivity contribution is -0.118. The van der Waals surface area contributed by atoms with E-state index >= 15 is 0 Å². The highest BCUT2D eigenvalue weighted by molar-refractivity contribution is 7.09. The predicted octanol–water partition coefficient (Wildman–Crippen LogP) is 1.24. The highest BCUT2D eigenvalue weighted by Crippen LogP contribution is 2.14. The maximum absolute atomic E-state index is 10.6. The molecule has 2 N–H and O–H groups in total. The minimum absolute atomic E-state index is 0.00829. The molecule has 5 heteroatoms. The van der Waals surface area contributed by atoms with Crippen LogP contribution in [0.25, 0.3) is 0 Å². The lowest BCUT2D eigenvalue weighted by atomic mass is 10.2. The summed E-state index contributed by atoms with van der Waals surface area (Å²) < 4.78 is 0. The Kier molecular flexibility index (Phi) is 4.71. The van der Waals surface area contributed by atoms with E-state index in [-0.39, 0.29) is 11.9 Å². The lowest BCUT2D eigenvalue weighted by Crippen LogP contribution is -2.31. The van der Waals surface area contributed by atoms with Crippen LogP contribution >= 0.6 is 11.3 Å². The first-order valence-electron chi connectivity index (χ1n) is 4.99. The van der Waals surface area contributed by atoms with Crippen LogP contribution in [0.15, 0.2) is 5.38 Å². The predicted molar refractivity (Wildman–Crippen MR) is 62.0 cm³/mol. The molecule has 1 unspecified atom stereocenters. The molecule has 4 nitrogen and oxygen atoms in total. The van der Waals surface area contributed by atoms with Crippen LogP contribution in [0.5, 0.6) is 0 Å². The first-order valence-corrected chi connectivity index (χ1v) is 5.87. The van der Waals surface area contributed by atoms with Crippen molar-refractivity contribution >= 4 is 17.2 Å². The smallest absolute Gasteiger partial charge is 0.216 e. The number of rotatable bonds is 5. The van der Waals surface area contributed by atoms with E-state index in [4.69, 9.17) is 0 Å². The maximum Gasteiger partial charge on any atom is 0.216 e. The van der Waals surface area contributed by atoms with Crippen molar-refractivity contribution in [2.24, 2.45) is 0 Å². The lowest BCUT2D eigenvalue weighted by Gasteiger charge is -2.11. The number of aromatic nitrogens is 1. The molecule has 0 fully saturated rings. The summed E-state index contributed by atoms with van der Waals surface area (Å²) in [5.74, 6) is 0.00829. The topological polar surface area (TPSA) is 54.0 Å². The zero-order valence-electron chi connectivity index (χ0n) is 9.33. The number of nitrogens with one attached hydrogen (secondary N) is 2. The SMILES string of the molecule is CC(=O)NCCNC(C)c1csc(C)n1. The van der Waals surface area contributed by atoms with Crippen molar-refractivity contribution in [2.75, 3.05) is 13.1 Å². The van der Waals surface area contributed by atoms with E-state index in [1.54, 1.807) is 11.3 Å². The van der Waals surface area contributed by atoms with Gasteiger partial charge < -0.3 is 10.6 Å². The van der Waals surface area contributed by atoms with Gasteiger partial charge in [-0.1, -0.05) is 0 Å². The summed E-state index contributed by atoms with van der Waals surface area (Å²) in [6.07, 6.45) is 0. The van der Waals surface area contributed by atoms with E-state index in [9.17, 15) is 4.79 Å². The number of thiazole rings is 1. The van der Waals surface area contributed by atoms with Gasteiger partial charge in [0.15, 0.2) is 0 Å². The molecule has 1 aromatic heterocycles. The molecular formula is C10H17N3OS. The molecule has 0 aromatic carbocycles. The third kappa shape index (κ3) is 4.40. The van der Waals surface area contributed by atoms with Gasteiger partial charge in [-0.05, 0) is 13.8 Å².